The summed E-state index contributed by atoms with van der Waals surface area (Å²) in [7, 11) is 1.62. The number of nitrogens with zero attached hydrogens (tertiary/aromatic N) is 2. The van der Waals surface area contributed by atoms with Crippen LogP contribution in [0.15, 0.2) is 48.5 Å². The fourth-order valence-electron chi connectivity index (χ4n) is 4.31. The predicted molar refractivity (Wildman–Crippen MR) is 120 cm³/mol. The molecule has 2 aromatic carbocycles. The molecule has 7 nitrogen and oxygen atoms in total. The summed E-state index contributed by atoms with van der Waals surface area (Å²) >= 11 is 0. The summed E-state index contributed by atoms with van der Waals surface area (Å²) in [5.74, 6) is 0.970. The molecule has 2 aliphatic heterocycles. The zero-order chi connectivity index (χ0) is 21.6. The Hall–Kier alpha value is -3.06. The van der Waals surface area contributed by atoms with Gasteiger partial charge in [0.2, 0.25) is 5.91 Å². The molecule has 0 aromatic heterocycles. The van der Waals surface area contributed by atoms with E-state index in [1.165, 1.54) is 19.4 Å². The van der Waals surface area contributed by atoms with Crippen LogP contribution in [0.4, 0.5) is 10.5 Å². The van der Waals surface area contributed by atoms with Gasteiger partial charge >= 0.3 is 6.03 Å². The molecule has 31 heavy (non-hydrogen) atoms. The number of carbonyl (C=O) groups is 2. The lowest BCUT2D eigenvalue weighted by atomic mass is 10.1. The van der Waals surface area contributed by atoms with Crippen molar-refractivity contribution in [2.45, 2.75) is 31.8 Å². The molecule has 4 rings (SSSR count). The van der Waals surface area contributed by atoms with Crippen LogP contribution in [-0.2, 0) is 17.8 Å². The average Bonchev–Trinajstić information content (AvgIpc) is 3.27. The molecule has 2 saturated heterocycles. The lowest BCUT2D eigenvalue weighted by Gasteiger charge is -2.37. The maximum absolute atomic E-state index is 12.7. The van der Waals surface area contributed by atoms with Crippen molar-refractivity contribution in [2.24, 2.45) is 0 Å². The van der Waals surface area contributed by atoms with E-state index in [1.807, 2.05) is 53.4 Å². The number of hydrogen-bond donors (Lipinski definition) is 2. The molecule has 2 heterocycles. The van der Waals surface area contributed by atoms with Crippen molar-refractivity contribution in [3.63, 3.8) is 0 Å². The number of anilines is 1. The van der Waals surface area contributed by atoms with Crippen molar-refractivity contribution in [2.75, 3.05) is 38.6 Å². The lowest BCUT2D eigenvalue weighted by Crippen LogP contribution is -2.52. The van der Waals surface area contributed by atoms with Gasteiger partial charge in [0.05, 0.1) is 13.5 Å². The van der Waals surface area contributed by atoms with Crippen molar-refractivity contribution >= 4 is 17.6 Å². The first-order valence-corrected chi connectivity index (χ1v) is 10.9. The average molecular weight is 423 g/mol. The second kappa shape index (κ2) is 9.83. The summed E-state index contributed by atoms with van der Waals surface area (Å²) < 4.78 is 5.13. The highest BCUT2D eigenvalue weighted by Gasteiger charge is 2.32. The zero-order valence-electron chi connectivity index (χ0n) is 18.0. The normalized spacial score (nSPS) is 18.4. The van der Waals surface area contributed by atoms with Crippen LogP contribution in [0.1, 0.15) is 24.0 Å². The van der Waals surface area contributed by atoms with Crippen molar-refractivity contribution in [3.05, 3.63) is 59.7 Å². The van der Waals surface area contributed by atoms with E-state index in [-0.39, 0.29) is 11.9 Å². The van der Waals surface area contributed by atoms with Crippen LogP contribution in [-0.4, -0.2) is 61.1 Å². The second-order valence-electron chi connectivity index (χ2n) is 8.20. The third-order valence-corrected chi connectivity index (χ3v) is 6.12. The number of methoxy groups -OCH3 is 1. The molecule has 1 atom stereocenters. The Balaban J connectivity index is 1.23. The zero-order valence-corrected chi connectivity index (χ0v) is 18.0. The van der Waals surface area contributed by atoms with Gasteiger partial charge in [0, 0.05) is 37.9 Å². The van der Waals surface area contributed by atoms with Gasteiger partial charge in [-0.1, -0.05) is 24.3 Å². The molecule has 2 aromatic rings. The number of carbonyl (C=O) groups excluding carboxylic acids is 2. The first-order chi connectivity index (χ1) is 15.1. The maximum atomic E-state index is 12.7. The minimum atomic E-state index is -0.269. The lowest BCUT2D eigenvalue weighted by molar-refractivity contribution is -0.133. The van der Waals surface area contributed by atoms with E-state index in [4.69, 9.17) is 4.74 Å². The molecule has 0 unspecified atom stereocenters. The van der Waals surface area contributed by atoms with Crippen molar-refractivity contribution in [1.82, 2.24) is 15.1 Å². The SMILES string of the molecule is COc1ccc(CNC(=O)Nc2ccc(CC(=O)N3CCN4CCC[C@H]4C3)cc2)cc1. The molecule has 3 amide bonds. The number of urea groups is 1. The molecule has 0 aliphatic carbocycles. The summed E-state index contributed by atoms with van der Waals surface area (Å²) in [5.41, 5.74) is 2.65. The molecule has 2 aliphatic rings. The quantitative estimate of drug-likeness (QED) is 0.751. The third-order valence-electron chi connectivity index (χ3n) is 6.12. The molecule has 0 radical (unpaired) electrons. The molecular weight excluding hydrogens is 392 g/mol. The largest absolute Gasteiger partial charge is 0.497 e. The fourth-order valence-corrected chi connectivity index (χ4v) is 4.31. The summed E-state index contributed by atoms with van der Waals surface area (Å²) in [6, 6.07) is 15.3. The number of ether oxygens (including phenoxy) is 1. The highest BCUT2D eigenvalue weighted by Crippen LogP contribution is 2.22. The van der Waals surface area contributed by atoms with E-state index in [0.717, 1.165) is 36.5 Å². The van der Waals surface area contributed by atoms with E-state index in [0.29, 0.717) is 24.7 Å². The predicted octanol–water partition coefficient (Wildman–Crippen LogP) is 2.87. The van der Waals surface area contributed by atoms with E-state index >= 15 is 0 Å². The van der Waals surface area contributed by atoms with Crippen molar-refractivity contribution in [1.29, 1.82) is 0 Å². The first kappa shape index (κ1) is 21.2. The number of fused-ring (bicyclic) bond motifs is 1. The highest BCUT2D eigenvalue weighted by molar-refractivity contribution is 5.89. The topological polar surface area (TPSA) is 73.9 Å². The molecule has 2 N–H and O–H groups in total. The van der Waals surface area contributed by atoms with E-state index < -0.39 is 0 Å². The van der Waals surface area contributed by atoms with Crippen LogP contribution < -0.4 is 15.4 Å². The number of nitrogens with one attached hydrogen (secondary N) is 2. The van der Waals surface area contributed by atoms with Crippen LogP contribution in [0.2, 0.25) is 0 Å². The Morgan fingerprint density at radius 1 is 1.00 bits per heavy atom. The molecule has 0 spiro atoms. The van der Waals surface area contributed by atoms with Crippen LogP contribution >= 0.6 is 0 Å². The molecule has 7 heteroatoms. The van der Waals surface area contributed by atoms with Gasteiger partial charge in [-0.3, -0.25) is 9.69 Å². The summed E-state index contributed by atoms with van der Waals surface area (Å²) in [4.78, 5) is 29.4. The molecule has 164 valence electrons. The van der Waals surface area contributed by atoms with Crippen molar-refractivity contribution in [3.8, 4) is 5.75 Å². The number of hydrogen-bond acceptors (Lipinski definition) is 4. The van der Waals surface area contributed by atoms with Crippen LogP contribution in [0.5, 0.6) is 5.75 Å². The van der Waals surface area contributed by atoms with Gasteiger partial charge in [0.1, 0.15) is 5.75 Å². The molecule has 0 bridgehead atoms. The number of amides is 3. The van der Waals surface area contributed by atoms with Crippen LogP contribution in [0.3, 0.4) is 0 Å². The minimum absolute atomic E-state index is 0.185. The fraction of sp³-hybridized carbons (Fsp3) is 0.417. The Labute approximate surface area is 183 Å². The second-order valence-corrected chi connectivity index (χ2v) is 8.20. The van der Waals surface area contributed by atoms with Gasteiger partial charge in [-0.2, -0.15) is 0 Å². The van der Waals surface area contributed by atoms with E-state index in [2.05, 4.69) is 15.5 Å². The van der Waals surface area contributed by atoms with E-state index in [1.54, 1.807) is 7.11 Å². The molecule has 0 saturated carbocycles. The van der Waals surface area contributed by atoms with Gasteiger partial charge in [0.15, 0.2) is 0 Å². The number of piperazine rings is 1. The summed E-state index contributed by atoms with van der Waals surface area (Å²) in [5, 5.41) is 5.67. The van der Waals surface area contributed by atoms with Gasteiger partial charge < -0.3 is 20.3 Å². The Morgan fingerprint density at radius 3 is 2.48 bits per heavy atom. The smallest absolute Gasteiger partial charge is 0.319 e. The summed E-state index contributed by atoms with van der Waals surface area (Å²) in [6.45, 7) is 4.27. The van der Waals surface area contributed by atoms with Gasteiger partial charge in [-0.25, -0.2) is 4.79 Å². The van der Waals surface area contributed by atoms with Crippen LogP contribution in [0, 0.1) is 0 Å². The number of benzene rings is 2. The van der Waals surface area contributed by atoms with Crippen molar-refractivity contribution < 1.29 is 14.3 Å². The minimum Gasteiger partial charge on any atom is -0.497 e. The molecular formula is C24H30N4O3. The van der Waals surface area contributed by atoms with Gasteiger partial charge in [0.25, 0.3) is 0 Å². The maximum Gasteiger partial charge on any atom is 0.319 e. The molecule has 2 fully saturated rings. The number of rotatable bonds is 6. The Bertz CT molecular complexity index is 898. The van der Waals surface area contributed by atoms with Gasteiger partial charge in [-0.15, -0.1) is 0 Å². The summed E-state index contributed by atoms with van der Waals surface area (Å²) in [6.07, 6.45) is 2.84. The standard InChI is InChI=1S/C24H30N4O3/c1-31-22-10-6-19(7-11-22)16-25-24(30)26-20-8-4-18(5-9-20)15-23(29)28-14-13-27-12-2-3-21(27)17-28/h4-11,21H,2-3,12-17H2,1H3,(H2,25,26,30)/t21-/m0/s1. The van der Waals surface area contributed by atoms with E-state index in [9.17, 15) is 9.59 Å². The monoisotopic (exact) mass is 422 g/mol. The third kappa shape index (κ3) is 5.55. The van der Waals surface area contributed by atoms with Gasteiger partial charge in [-0.05, 0) is 54.8 Å². The highest BCUT2D eigenvalue weighted by atomic mass is 16.5. The van der Waals surface area contributed by atoms with Crippen LogP contribution in [0.25, 0.3) is 0 Å². The first-order valence-electron chi connectivity index (χ1n) is 10.9. The Kier molecular flexibility index (Phi) is 6.72. The Morgan fingerprint density at radius 2 is 1.74 bits per heavy atom.